The van der Waals surface area contributed by atoms with Crippen molar-refractivity contribution in [2.24, 2.45) is 0 Å². The molecule has 4 rings (SSSR count). The van der Waals surface area contributed by atoms with Crippen LogP contribution in [0.4, 0.5) is 5.69 Å². The lowest BCUT2D eigenvalue weighted by Crippen LogP contribution is -2.28. The number of carbonyl (C=O) groups is 1. The monoisotopic (exact) mass is 475 g/mol. The summed E-state index contributed by atoms with van der Waals surface area (Å²) in [5.74, 6) is -0.358. The van der Waals surface area contributed by atoms with Gasteiger partial charge in [0.05, 0.1) is 22.3 Å². The van der Waals surface area contributed by atoms with Gasteiger partial charge in [0.1, 0.15) is 12.7 Å². The van der Waals surface area contributed by atoms with Gasteiger partial charge in [-0.3, -0.25) is 9.10 Å². The number of hydrogen-bond acceptors (Lipinski definition) is 5. The lowest BCUT2D eigenvalue weighted by Gasteiger charge is -2.20. The highest BCUT2D eigenvalue weighted by atomic mass is 32.2. The van der Waals surface area contributed by atoms with Crippen LogP contribution in [0.1, 0.15) is 34.5 Å². The van der Waals surface area contributed by atoms with Gasteiger partial charge in [0.2, 0.25) is 0 Å². The molecular formula is C25H25N5O3S. The van der Waals surface area contributed by atoms with Crippen molar-refractivity contribution in [3.05, 3.63) is 102 Å². The first-order valence-corrected chi connectivity index (χ1v) is 12.1. The van der Waals surface area contributed by atoms with Crippen LogP contribution < -0.4 is 9.62 Å². The lowest BCUT2D eigenvalue weighted by atomic mass is 10.1. The van der Waals surface area contributed by atoms with Crippen LogP contribution in [0.2, 0.25) is 0 Å². The molecule has 1 heterocycles. The zero-order valence-corrected chi connectivity index (χ0v) is 19.9. The summed E-state index contributed by atoms with van der Waals surface area (Å²) >= 11 is 0. The predicted octanol–water partition coefficient (Wildman–Crippen LogP) is 3.89. The molecule has 9 heteroatoms. The number of aromatic nitrogens is 3. The van der Waals surface area contributed by atoms with Crippen LogP contribution in [0.5, 0.6) is 0 Å². The number of anilines is 1. The summed E-state index contributed by atoms with van der Waals surface area (Å²) in [4.78, 5) is 16.9. The molecule has 0 unspecified atom stereocenters. The highest BCUT2D eigenvalue weighted by Crippen LogP contribution is 2.23. The Kier molecular flexibility index (Phi) is 6.47. The number of nitrogens with zero attached hydrogens (tertiary/aromatic N) is 4. The van der Waals surface area contributed by atoms with Crippen LogP contribution >= 0.6 is 0 Å². The first kappa shape index (κ1) is 23.2. The standard InChI is InChI=1S/C25H25N5O3S/c1-18-7-11-22(12-8-18)29(3)34(32,33)24-6-4-5-21(15-24)25(31)28-19(2)20-9-13-23(14-10-20)30-17-26-16-27-30/h4-17,19H,1-3H3,(H,28,31)/t19-/m0/s1. The minimum absolute atomic E-state index is 0.0491. The molecule has 0 spiro atoms. The topological polar surface area (TPSA) is 97.2 Å². The van der Waals surface area contributed by atoms with Crippen LogP contribution in [0.25, 0.3) is 5.69 Å². The van der Waals surface area contributed by atoms with Gasteiger partial charge in [-0.1, -0.05) is 35.9 Å². The van der Waals surface area contributed by atoms with Gasteiger partial charge in [-0.2, -0.15) is 5.10 Å². The van der Waals surface area contributed by atoms with Crippen molar-refractivity contribution in [2.45, 2.75) is 24.8 Å². The van der Waals surface area contributed by atoms with Gasteiger partial charge in [-0.15, -0.1) is 0 Å². The van der Waals surface area contributed by atoms with E-state index in [1.807, 2.05) is 50.2 Å². The van der Waals surface area contributed by atoms with E-state index < -0.39 is 10.0 Å². The Morgan fingerprint density at radius 3 is 2.38 bits per heavy atom. The molecule has 1 N–H and O–H groups in total. The van der Waals surface area contributed by atoms with Gasteiger partial charge in [-0.25, -0.2) is 18.1 Å². The molecule has 174 valence electrons. The quantitative estimate of drug-likeness (QED) is 0.437. The number of sulfonamides is 1. The third kappa shape index (κ3) is 4.84. The first-order valence-electron chi connectivity index (χ1n) is 10.7. The van der Waals surface area contributed by atoms with E-state index in [1.54, 1.807) is 35.3 Å². The second-order valence-corrected chi connectivity index (χ2v) is 9.93. The molecule has 0 aliphatic rings. The van der Waals surface area contributed by atoms with E-state index in [0.29, 0.717) is 5.69 Å². The number of carbonyl (C=O) groups excluding carboxylic acids is 1. The van der Waals surface area contributed by atoms with Gasteiger partial charge < -0.3 is 5.32 Å². The summed E-state index contributed by atoms with van der Waals surface area (Å²) in [5.41, 5.74) is 3.61. The smallest absolute Gasteiger partial charge is 0.264 e. The van der Waals surface area contributed by atoms with E-state index in [4.69, 9.17) is 0 Å². The average Bonchev–Trinajstić information content (AvgIpc) is 3.39. The summed E-state index contributed by atoms with van der Waals surface area (Å²) in [6.07, 6.45) is 3.07. The summed E-state index contributed by atoms with van der Waals surface area (Å²) in [6.45, 7) is 3.81. The molecule has 0 bridgehead atoms. The van der Waals surface area contributed by atoms with Crippen LogP contribution in [0.15, 0.2) is 90.3 Å². The molecule has 0 saturated heterocycles. The lowest BCUT2D eigenvalue weighted by molar-refractivity contribution is 0.0939. The van der Waals surface area contributed by atoms with Crippen molar-refractivity contribution < 1.29 is 13.2 Å². The SMILES string of the molecule is Cc1ccc(N(C)S(=O)(=O)c2cccc(C(=O)N[C@@H](C)c3ccc(-n4cncn4)cc3)c2)cc1. The number of hydrogen-bond donors (Lipinski definition) is 1. The zero-order valence-electron chi connectivity index (χ0n) is 19.1. The summed E-state index contributed by atoms with van der Waals surface area (Å²) in [7, 11) is -2.33. The normalized spacial score (nSPS) is 12.2. The highest BCUT2D eigenvalue weighted by molar-refractivity contribution is 7.92. The van der Waals surface area contributed by atoms with Crippen molar-refractivity contribution in [1.82, 2.24) is 20.1 Å². The second kappa shape index (κ2) is 9.48. The molecular weight excluding hydrogens is 450 g/mol. The Hall–Kier alpha value is -3.98. The van der Waals surface area contributed by atoms with Gasteiger partial charge in [-0.05, 0) is 61.9 Å². The average molecular weight is 476 g/mol. The van der Waals surface area contributed by atoms with Crippen molar-refractivity contribution in [2.75, 3.05) is 11.4 Å². The number of benzene rings is 3. The first-order chi connectivity index (χ1) is 16.3. The number of aryl methyl sites for hydroxylation is 1. The Bertz CT molecular complexity index is 1380. The molecule has 1 aromatic heterocycles. The molecule has 1 amide bonds. The van der Waals surface area contributed by atoms with Crippen LogP contribution in [0, 0.1) is 6.92 Å². The number of rotatable bonds is 7. The molecule has 3 aromatic carbocycles. The molecule has 0 aliphatic heterocycles. The molecule has 1 atom stereocenters. The molecule has 4 aromatic rings. The Morgan fingerprint density at radius 1 is 1.03 bits per heavy atom. The molecule has 0 fully saturated rings. The maximum atomic E-state index is 13.1. The maximum Gasteiger partial charge on any atom is 0.264 e. The highest BCUT2D eigenvalue weighted by Gasteiger charge is 2.23. The number of amides is 1. The fourth-order valence-electron chi connectivity index (χ4n) is 3.47. The van der Waals surface area contributed by atoms with Crippen molar-refractivity contribution in [1.29, 1.82) is 0 Å². The minimum Gasteiger partial charge on any atom is -0.346 e. The van der Waals surface area contributed by atoms with Gasteiger partial charge in [0, 0.05) is 12.6 Å². The second-order valence-electron chi connectivity index (χ2n) is 7.96. The summed E-state index contributed by atoms with van der Waals surface area (Å²) < 4.78 is 29.2. The van der Waals surface area contributed by atoms with E-state index in [2.05, 4.69) is 15.4 Å². The predicted molar refractivity (Wildman–Crippen MR) is 130 cm³/mol. The fourth-order valence-corrected chi connectivity index (χ4v) is 4.71. The van der Waals surface area contributed by atoms with Crippen molar-refractivity contribution in [3.8, 4) is 5.69 Å². The maximum absolute atomic E-state index is 13.1. The summed E-state index contributed by atoms with van der Waals surface area (Å²) in [6, 6.07) is 20.6. The minimum atomic E-state index is -3.83. The molecule has 34 heavy (non-hydrogen) atoms. The van der Waals surface area contributed by atoms with Crippen molar-refractivity contribution >= 4 is 21.6 Å². The molecule has 8 nitrogen and oxygen atoms in total. The van der Waals surface area contributed by atoms with Gasteiger partial charge in [0.25, 0.3) is 15.9 Å². The Balaban J connectivity index is 1.49. The van der Waals surface area contributed by atoms with Crippen LogP contribution in [-0.2, 0) is 10.0 Å². The Morgan fingerprint density at radius 2 is 1.74 bits per heavy atom. The van der Waals surface area contributed by atoms with Crippen molar-refractivity contribution in [3.63, 3.8) is 0 Å². The molecule has 0 saturated carbocycles. The Labute approximate surface area is 198 Å². The molecule has 0 radical (unpaired) electrons. The molecule has 0 aliphatic carbocycles. The van der Waals surface area contributed by atoms with Crippen LogP contribution in [-0.4, -0.2) is 36.1 Å². The van der Waals surface area contributed by atoms with Gasteiger partial charge >= 0.3 is 0 Å². The van der Waals surface area contributed by atoms with Gasteiger partial charge in [0.15, 0.2) is 0 Å². The largest absolute Gasteiger partial charge is 0.346 e. The van der Waals surface area contributed by atoms with E-state index in [1.165, 1.54) is 29.8 Å². The van der Waals surface area contributed by atoms with Crippen LogP contribution in [0.3, 0.4) is 0 Å². The fraction of sp³-hybridized carbons (Fsp3) is 0.160. The van der Waals surface area contributed by atoms with E-state index in [-0.39, 0.29) is 22.4 Å². The third-order valence-electron chi connectivity index (χ3n) is 5.58. The number of nitrogens with one attached hydrogen (secondary N) is 1. The zero-order chi connectivity index (χ0) is 24.3. The summed E-state index contributed by atoms with van der Waals surface area (Å²) in [5, 5.41) is 7.03. The van der Waals surface area contributed by atoms with E-state index in [0.717, 1.165) is 16.8 Å². The van der Waals surface area contributed by atoms with E-state index in [9.17, 15) is 13.2 Å². The van der Waals surface area contributed by atoms with E-state index >= 15 is 0 Å². The third-order valence-corrected chi connectivity index (χ3v) is 7.36.